The summed E-state index contributed by atoms with van der Waals surface area (Å²) in [5.41, 5.74) is 0. The van der Waals surface area contributed by atoms with Crippen LogP contribution in [0.3, 0.4) is 0 Å². The van der Waals surface area contributed by atoms with Crippen LogP contribution in [0.1, 0.15) is 0 Å². The average molecular weight is 770 g/mol. The molecule has 0 radical (unpaired) electrons. The maximum absolute atomic E-state index is 6.08. The van der Waals surface area contributed by atoms with Gasteiger partial charge in [-0.15, -0.1) is 0 Å². The molecule has 0 aromatic heterocycles. The molecule has 22 heteroatoms. The molecule has 284 valence electrons. The van der Waals surface area contributed by atoms with Crippen LogP contribution in [-0.4, -0.2) is 227 Å². The maximum atomic E-state index is 6.08. The second kappa shape index (κ2) is 19.1. The van der Waals surface area contributed by atoms with Crippen LogP contribution in [0.15, 0.2) is 18.1 Å². The van der Waals surface area contributed by atoms with Gasteiger partial charge in [0.25, 0.3) is 0 Å². The van der Waals surface area contributed by atoms with E-state index in [9.17, 15) is 0 Å². The van der Waals surface area contributed by atoms with Crippen LogP contribution < -0.4 is 5.09 Å². The Bertz CT molecular complexity index is 993. The molecule has 0 aliphatic carbocycles. The summed E-state index contributed by atoms with van der Waals surface area (Å²) in [6, 6.07) is 0. The number of hydrogen-bond acceptors (Lipinski definition) is 5. The van der Waals surface area contributed by atoms with Crippen molar-refractivity contribution in [3.63, 3.8) is 0 Å². The molecule has 47 heavy (non-hydrogen) atoms. The van der Waals surface area contributed by atoms with Gasteiger partial charge in [-0.2, -0.15) is 0 Å². The zero-order valence-corrected chi connectivity index (χ0v) is 38.7. The molecule has 0 aliphatic rings. The summed E-state index contributed by atoms with van der Waals surface area (Å²) in [5, 5.41) is 3.84. The first-order chi connectivity index (χ1) is 21.3. The maximum Gasteiger partial charge on any atom is 0.502 e. The van der Waals surface area contributed by atoms with E-state index in [-0.39, 0.29) is 0 Å². The van der Waals surface area contributed by atoms with Crippen molar-refractivity contribution in [3.05, 3.63) is 0 Å². The average Bonchev–Trinajstić information content (AvgIpc) is 2.90. The smallest absolute Gasteiger partial charge is 0.383 e. The lowest BCUT2D eigenvalue weighted by Crippen LogP contribution is -2.34. The highest BCUT2D eigenvalue weighted by atomic mass is 31.3. The summed E-state index contributed by atoms with van der Waals surface area (Å²) in [6.07, 6.45) is 0. The van der Waals surface area contributed by atoms with E-state index >= 15 is 0 Å². The first-order valence-corrected chi connectivity index (χ1v) is 23.5. The van der Waals surface area contributed by atoms with Gasteiger partial charge in [0.2, 0.25) is 30.0 Å². The highest BCUT2D eigenvalue weighted by Gasteiger charge is 2.56. The van der Waals surface area contributed by atoms with Crippen molar-refractivity contribution < 1.29 is 4.74 Å². The Kier molecular flexibility index (Phi) is 19.4. The fraction of sp³-hybridized carbons (Fsp3) is 1.00. The molecule has 1 N–H and O–H groups in total. The normalized spacial score (nSPS) is 14.6. The van der Waals surface area contributed by atoms with E-state index in [1.54, 1.807) is 7.11 Å². The highest BCUT2D eigenvalue weighted by molar-refractivity contribution is 7.88. The summed E-state index contributed by atoms with van der Waals surface area (Å²) >= 11 is 0. The van der Waals surface area contributed by atoms with Gasteiger partial charge >= 0.3 is 7.87 Å². The third-order valence-corrected chi connectivity index (χ3v) is 27.8. The van der Waals surface area contributed by atoms with Crippen LogP contribution in [0.2, 0.25) is 0 Å². The van der Waals surface area contributed by atoms with Crippen LogP contribution in [0.25, 0.3) is 0 Å². The molecule has 0 aromatic rings. The standard InChI is InChI=1S/C25H74N16OP5/c1-31(2)44(32(3)4,26-24-25-42-23)27-43(28-45(33(5)6,34(7)8)35(9)10,29-46(36(11)12,37(13)14)38(15)16)30-47(39(17)18,40(19)20)41(21)22/h26H,24-25H2,1-23H3/q+1. The molecule has 0 amide bonds. The number of ether oxygens (including phenoxy) is 1. The summed E-state index contributed by atoms with van der Waals surface area (Å²) < 4.78 is 54.3. The molecule has 0 saturated heterocycles. The molecule has 0 heterocycles. The van der Waals surface area contributed by atoms with Crippen molar-refractivity contribution >= 4 is 37.9 Å². The summed E-state index contributed by atoms with van der Waals surface area (Å²) in [7, 11) is 33.8. The van der Waals surface area contributed by atoms with Gasteiger partial charge in [-0.3, -0.25) is 5.09 Å². The van der Waals surface area contributed by atoms with E-state index in [2.05, 4.69) is 212 Å². The second-order valence-electron chi connectivity index (χ2n) is 13.3. The van der Waals surface area contributed by atoms with Crippen molar-refractivity contribution in [3.8, 4) is 0 Å². The molecule has 0 aliphatic heterocycles. The van der Waals surface area contributed by atoms with Crippen molar-refractivity contribution in [2.45, 2.75) is 0 Å². The highest BCUT2D eigenvalue weighted by Crippen LogP contribution is 2.86. The minimum absolute atomic E-state index is 0.536. The van der Waals surface area contributed by atoms with E-state index < -0.39 is 37.9 Å². The Labute approximate surface area is 291 Å². The lowest BCUT2D eigenvalue weighted by molar-refractivity contribution is 0.204. The first-order valence-electron chi connectivity index (χ1n) is 15.4. The van der Waals surface area contributed by atoms with Gasteiger partial charge in [-0.05, 0) is 173 Å². The van der Waals surface area contributed by atoms with Crippen molar-refractivity contribution in [1.29, 1.82) is 0 Å². The van der Waals surface area contributed by atoms with Gasteiger partial charge in [0.05, 0.1) is 6.61 Å². The van der Waals surface area contributed by atoms with Crippen LogP contribution in [0, 0.1) is 0 Å². The van der Waals surface area contributed by atoms with Gasteiger partial charge in [0.1, 0.15) is 0 Å². The number of methoxy groups -OCH3 is 1. The molecule has 0 bridgehead atoms. The summed E-state index contributed by atoms with van der Waals surface area (Å²) in [5.74, 6) is 0. The molecule has 0 fully saturated rings. The molecule has 17 nitrogen and oxygen atoms in total. The third-order valence-electron chi connectivity index (χ3n) is 7.54. The van der Waals surface area contributed by atoms with Gasteiger partial charge in [0, 0.05) is 13.7 Å². The predicted molar refractivity (Wildman–Crippen MR) is 215 cm³/mol. The quantitative estimate of drug-likeness (QED) is 0.143. The van der Waals surface area contributed by atoms with Gasteiger partial charge in [0.15, 0.2) is 0 Å². The number of hydrogen-bond donors (Lipinski definition) is 1. The van der Waals surface area contributed by atoms with Crippen LogP contribution >= 0.6 is 37.9 Å². The number of nitrogens with one attached hydrogen (secondary N) is 1. The molecule has 0 unspecified atom stereocenters. The van der Waals surface area contributed by atoms with E-state index in [1.165, 1.54) is 0 Å². The fourth-order valence-corrected chi connectivity index (χ4v) is 29.2. The fourth-order valence-electron chi connectivity index (χ4n) is 5.83. The molecule has 0 spiro atoms. The third kappa shape index (κ3) is 10.0. The van der Waals surface area contributed by atoms with Crippen LogP contribution in [-0.2, 0) is 4.74 Å². The van der Waals surface area contributed by atoms with Gasteiger partial charge in [-0.25, -0.2) is 51.4 Å². The Morgan fingerprint density at radius 3 is 0.809 bits per heavy atom. The lowest BCUT2D eigenvalue weighted by Gasteiger charge is -2.43. The predicted octanol–water partition coefficient (Wildman–Crippen LogP) is 4.86. The largest absolute Gasteiger partial charge is 0.502 e. The minimum Gasteiger partial charge on any atom is -0.383 e. The van der Waals surface area contributed by atoms with E-state index in [0.717, 1.165) is 0 Å². The Hall–Kier alpha value is 0.830. The Balaban J connectivity index is 10.1. The number of nitrogens with zero attached hydrogens (tertiary/aromatic N) is 15. The van der Waals surface area contributed by atoms with E-state index in [4.69, 9.17) is 22.8 Å². The Morgan fingerprint density at radius 2 is 0.638 bits per heavy atom. The van der Waals surface area contributed by atoms with Crippen LogP contribution in [0.4, 0.5) is 0 Å². The van der Waals surface area contributed by atoms with E-state index in [0.29, 0.717) is 13.2 Å². The molecule has 0 saturated carbocycles. The second-order valence-corrected chi connectivity index (χ2v) is 30.7. The van der Waals surface area contributed by atoms with Crippen molar-refractivity contribution in [1.82, 2.24) is 56.5 Å². The van der Waals surface area contributed by atoms with Gasteiger partial charge in [-0.1, -0.05) is 0 Å². The minimum atomic E-state index is -3.49. The molecular weight excluding hydrogens is 695 g/mol. The molecular formula is C25H74N16OP5+. The van der Waals surface area contributed by atoms with Gasteiger partial charge < -0.3 is 4.74 Å². The molecule has 0 aromatic carbocycles. The lowest BCUT2D eigenvalue weighted by atomic mass is 10.7. The zero-order valence-electron chi connectivity index (χ0n) is 34.3. The summed E-state index contributed by atoms with van der Waals surface area (Å²) in [4.78, 5) is 0. The van der Waals surface area contributed by atoms with Crippen molar-refractivity contribution in [2.24, 2.45) is 18.1 Å². The summed E-state index contributed by atoms with van der Waals surface area (Å²) in [6.45, 7) is 1.14. The van der Waals surface area contributed by atoms with E-state index in [1.807, 2.05) is 0 Å². The topological polar surface area (TPSA) is 106 Å². The molecule has 0 rings (SSSR count). The van der Waals surface area contributed by atoms with Crippen LogP contribution in [0.5, 0.6) is 0 Å². The Morgan fingerprint density at radius 1 is 0.404 bits per heavy atom. The van der Waals surface area contributed by atoms with Crippen molar-refractivity contribution in [2.75, 3.05) is 175 Å². The SMILES string of the molecule is COCCNP(=N[P+](N=P(N(C)C)(N(C)C)N(C)C)(N=P(N(C)C)(N(C)C)N(C)C)N=P(N(C)C)(N(C)C)N(C)C)(N(C)C)N(C)C. The first kappa shape index (κ1) is 47.8. The zero-order chi connectivity index (χ0) is 37.5. The number of rotatable bonds is 19. The monoisotopic (exact) mass is 769 g/mol. The molecule has 0 atom stereocenters.